The van der Waals surface area contributed by atoms with Crippen molar-refractivity contribution >= 4 is 21.6 Å². The molecule has 0 amide bonds. The van der Waals surface area contributed by atoms with Crippen LogP contribution in [0.1, 0.15) is 31.7 Å². The van der Waals surface area contributed by atoms with Crippen LogP contribution in [-0.4, -0.2) is 19.6 Å². The third-order valence-corrected chi connectivity index (χ3v) is 4.37. The van der Waals surface area contributed by atoms with Crippen molar-refractivity contribution in [3.05, 3.63) is 28.2 Å². The molecule has 1 aromatic rings. The SMILES string of the molecule is CCN(CC1CCC1)c1ccc(Br)cc1CCN. The molecule has 1 saturated carbocycles. The largest absolute Gasteiger partial charge is 0.371 e. The minimum Gasteiger partial charge on any atom is -0.371 e. The fourth-order valence-corrected chi connectivity index (χ4v) is 3.01. The highest BCUT2D eigenvalue weighted by Gasteiger charge is 2.21. The molecule has 0 spiro atoms. The summed E-state index contributed by atoms with van der Waals surface area (Å²) in [6.07, 6.45) is 5.17. The van der Waals surface area contributed by atoms with Gasteiger partial charge in [0.05, 0.1) is 0 Å². The first-order chi connectivity index (χ1) is 8.74. The predicted molar refractivity (Wildman–Crippen MR) is 82.1 cm³/mol. The molecule has 0 bridgehead atoms. The molecule has 0 atom stereocenters. The van der Waals surface area contributed by atoms with E-state index in [0.29, 0.717) is 6.54 Å². The molecule has 3 heteroatoms. The number of halogens is 1. The molecule has 1 aliphatic rings. The molecule has 18 heavy (non-hydrogen) atoms. The van der Waals surface area contributed by atoms with Gasteiger partial charge in [0, 0.05) is 23.2 Å². The van der Waals surface area contributed by atoms with Gasteiger partial charge in [-0.05, 0) is 62.4 Å². The monoisotopic (exact) mass is 310 g/mol. The molecule has 0 aromatic heterocycles. The van der Waals surface area contributed by atoms with Crippen molar-refractivity contribution < 1.29 is 0 Å². The summed E-state index contributed by atoms with van der Waals surface area (Å²) in [4.78, 5) is 2.52. The maximum atomic E-state index is 5.73. The van der Waals surface area contributed by atoms with Crippen LogP contribution >= 0.6 is 15.9 Å². The Morgan fingerprint density at radius 2 is 2.17 bits per heavy atom. The van der Waals surface area contributed by atoms with Gasteiger partial charge in [0.25, 0.3) is 0 Å². The molecular weight excluding hydrogens is 288 g/mol. The van der Waals surface area contributed by atoms with Crippen LogP contribution in [0.15, 0.2) is 22.7 Å². The van der Waals surface area contributed by atoms with E-state index in [2.05, 4.69) is 46.0 Å². The maximum absolute atomic E-state index is 5.73. The standard InChI is InChI=1S/C15H23BrN2/c1-2-18(11-12-4-3-5-12)15-7-6-14(16)10-13(15)8-9-17/h6-7,10,12H,2-5,8-9,11,17H2,1H3. The van der Waals surface area contributed by atoms with E-state index in [9.17, 15) is 0 Å². The van der Waals surface area contributed by atoms with Gasteiger partial charge in [0.1, 0.15) is 0 Å². The Kier molecular flexibility index (Phi) is 5.07. The van der Waals surface area contributed by atoms with Gasteiger partial charge >= 0.3 is 0 Å². The second-order valence-corrected chi connectivity index (χ2v) is 6.06. The lowest BCUT2D eigenvalue weighted by molar-refractivity contribution is 0.318. The van der Waals surface area contributed by atoms with Gasteiger partial charge in [0.2, 0.25) is 0 Å². The molecule has 1 fully saturated rings. The number of rotatable bonds is 6. The second kappa shape index (κ2) is 6.58. The van der Waals surface area contributed by atoms with Gasteiger partial charge in [-0.3, -0.25) is 0 Å². The van der Waals surface area contributed by atoms with E-state index in [1.807, 2.05) is 0 Å². The highest BCUT2D eigenvalue weighted by Crippen LogP contribution is 2.31. The minimum atomic E-state index is 0.713. The van der Waals surface area contributed by atoms with Crippen LogP contribution in [0, 0.1) is 5.92 Å². The van der Waals surface area contributed by atoms with Gasteiger partial charge in [0.15, 0.2) is 0 Å². The number of nitrogens with two attached hydrogens (primary N) is 1. The number of hydrogen-bond donors (Lipinski definition) is 1. The average Bonchev–Trinajstić information content (AvgIpc) is 2.30. The lowest BCUT2D eigenvalue weighted by atomic mass is 9.85. The second-order valence-electron chi connectivity index (χ2n) is 5.15. The zero-order chi connectivity index (χ0) is 13.0. The number of benzene rings is 1. The third-order valence-electron chi connectivity index (χ3n) is 3.88. The molecule has 0 aliphatic heterocycles. The highest BCUT2D eigenvalue weighted by molar-refractivity contribution is 9.10. The summed E-state index contributed by atoms with van der Waals surface area (Å²) in [5.41, 5.74) is 8.47. The number of hydrogen-bond acceptors (Lipinski definition) is 2. The fraction of sp³-hybridized carbons (Fsp3) is 0.600. The molecule has 100 valence electrons. The summed E-state index contributed by atoms with van der Waals surface area (Å²) in [7, 11) is 0. The summed E-state index contributed by atoms with van der Waals surface area (Å²) in [5, 5.41) is 0. The van der Waals surface area contributed by atoms with Crippen molar-refractivity contribution in [1.82, 2.24) is 0 Å². The van der Waals surface area contributed by atoms with Gasteiger partial charge in [-0.15, -0.1) is 0 Å². The quantitative estimate of drug-likeness (QED) is 0.870. The van der Waals surface area contributed by atoms with Crippen molar-refractivity contribution in [2.45, 2.75) is 32.6 Å². The van der Waals surface area contributed by atoms with Crippen LogP contribution in [0.25, 0.3) is 0 Å². The molecule has 2 nitrogen and oxygen atoms in total. The van der Waals surface area contributed by atoms with Crippen molar-refractivity contribution in [3.63, 3.8) is 0 Å². The molecule has 0 saturated heterocycles. The fourth-order valence-electron chi connectivity index (χ4n) is 2.60. The Labute approximate surface area is 119 Å². The number of nitrogens with zero attached hydrogens (tertiary/aromatic N) is 1. The van der Waals surface area contributed by atoms with E-state index in [1.54, 1.807) is 0 Å². The third kappa shape index (κ3) is 3.27. The Bertz CT molecular complexity index is 388. The van der Waals surface area contributed by atoms with E-state index in [-0.39, 0.29) is 0 Å². The minimum absolute atomic E-state index is 0.713. The highest BCUT2D eigenvalue weighted by atomic mass is 79.9. The predicted octanol–water partition coefficient (Wildman–Crippen LogP) is 3.58. The summed E-state index contributed by atoms with van der Waals surface area (Å²) in [5.74, 6) is 0.902. The molecule has 2 N–H and O–H groups in total. The number of anilines is 1. The van der Waals surface area contributed by atoms with Crippen LogP contribution < -0.4 is 10.6 Å². The van der Waals surface area contributed by atoms with Crippen LogP contribution in [-0.2, 0) is 6.42 Å². The topological polar surface area (TPSA) is 29.3 Å². The van der Waals surface area contributed by atoms with Crippen molar-refractivity contribution in [1.29, 1.82) is 0 Å². The van der Waals surface area contributed by atoms with E-state index in [0.717, 1.165) is 23.4 Å². The Morgan fingerprint density at radius 1 is 1.39 bits per heavy atom. The first-order valence-electron chi connectivity index (χ1n) is 6.98. The summed E-state index contributed by atoms with van der Waals surface area (Å²) >= 11 is 3.55. The lowest BCUT2D eigenvalue weighted by Gasteiger charge is -2.34. The Morgan fingerprint density at radius 3 is 2.72 bits per heavy atom. The van der Waals surface area contributed by atoms with Crippen LogP contribution in [0.4, 0.5) is 5.69 Å². The van der Waals surface area contributed by atoms with Gasteiger partial charge in [-0.2, -0.15) is 0 Å². The summed E-state index contributed by atoms with van der Waals surface area (Å²) in [6, 6.07) is 6.58. The lowest BCUT2D eigenvalue weighted by Crippen LogP contribution is -2.33. The zero-order valence-electron chi connectivity index (χ0n) is 11.2. The van der Waals surface area contributed by atoms with Crippen LogP contribution in [0.2, 0.25) is 0 Å². The van der Waals surface area contributed by atoms with Gasteiger partial charge in [-0.25, -0.2) is 0 Å². The molecule has 1 aliphatic carbocycles. The average molecular weight is 311 g/mol. The molecule has 0 radical (unpaired) electrons. The molecular formula is C15H23BrN2. The van der Waals surface area contributed by atoms with E-state index < -0.39 is 0 Å². The molecule has 0 unspecified atom stereocenters. The van der Waals surface area contributed by atoms with Crippen LogP contribution in [0.5, 0.6) is 0 Å². The van der Waals surface area contributed by atoms with Gasteiger partial charge in [-0.1, -0.05) is 22.4 Å². The Hall–Kier alpha value is -0.540. The molecule has 0 heterocycles. The molecule has 2 rings (SSSR count). The maximum Gasteiger partial charge on any atom is 0.0400 e. The first kappa shape index (κ1) is 13.9. The van der Waals surface area contributed by atoms with Gasteiger partial charge < -0.3 is 10.6 Å². The van der Waals surface area contributed by atoms with Crippen molar-refractivity contribution in [2.24, 2.45) is 11.7 Å². The van der Waals surface area contributed by atoms with Crippen molar-refractivity contribution in [2.75, 3.05) is 24.5 Å². The summed E-state index contributed by atoms with van der Waals surface area (Å²) < 4.78 is 1.15. The van der Waals surface area contributed by atoms with E-state index in [4.69, 9.17) is 5.73 Å². The first-order valence-corrected chi connectivity index (χ1v) is 7.77. The van der Waals surface area contributed by atoms with Crippen LogP contribution in [0.3, 0.4) is 0 Å². The zero-order valence-corrected chi connectivity index (χ0v) is 12.7. The molecule has 1 aromatic carbocycles. The van der Waals surface area contributed by atoms with E-state index in [1.165, 1.54) is 37.1 Å². The smallest absolute Gasteiger partial charge is 0.0400 e. The summed E-state index contributed by atoms with van der Waals surface area (Å²) in [6.45, 7) is 5.24. The Balaban J connectivity index is 2.16. The van der Waals surface area contributed by atoms with E-state index >= 15 is 0 Å². The van der Waals surface area contributed by atoms with Crippen molar-refractivity contribution in [3.8, 4) is 0 Å². The normalized spacial score (nSPS) is 15.5.